The lowest BCUT2D eigenvalue weighted by Crippen LogP contribution is -2.11. The lowest BCUT2D eigenvalue weighted by atomic mass is 10.0. The number of hydrogen-bond donors (Lipinski definition) is 0. The highest BCUT2D eigenvalue weighted by molar-refractivity contribution is 5.53. The maximum Gasteiger partial charge on any atom is 0.269 e. The van der Waals surface area contributed by atoms with Gasteiger partial charge in [-0.05, 0) is 61.6 Å². The second kappa shape index (κ2) is 10.5. The molecule has 1 atom stereocenters. The van der Waals surface area contributed by atoms with Gasteiger partial charge < -0.3 is 4.74 Å². The number of rotatable bonds is 10. The van der Waals surface area contributed by atoms with Gasteiger partial charge in [-0.15, -0.1) is 0 Å². The fourth-order valence-electron chi connectivity index (χ4n) is 2.90. The lowest BCUT2D eigenvalue weighted by molar-refractivity contribution is -0.384. The summed E-state index contributed by atoms with van der Waals surface area (Å²) in [5.41, 5.74) is 3.38. The number of hydrogen-bond acceptors (Lipinski definition) is 5. The summed E-state index contributed by atoms with van der Waals surface area (Å²) in [5, 5.41) is 19.2. The zero-order valence-corrected chi connectivity index (χ0v) is 17.1. The second-order valence-corrected chi connectivity index (χ2v) is 7.11. The number of non-ortho nitro benzene ring substituents is 1. The summed E-state index contributed by atoms with van der Waals surface area (Å²) in [6.45, 7) is 9.15. The van der Waals surface area contributed by atoms with Crippen LogP contribution in [0.5, 0.6) is 5.75 Å². The van der Waals surface area contributed by atoms with Crippen LogP contribution in [-0.2, 0) is 0 Å². The van der Waals surface area contributed by atoms with Crippen molar-refractivity contribution in [3.8, 4) is 5.75 Å². The first-order valence-electron chi connectivity index (χ1n) is 9.84. The van der Waals surface area contributed by atoms with E-state index >= 15 is 0 Å². The van der Waals surface area contributed by atoms with Gasteiger partial charge in [-0.25, -0.2) is 0 Å². The predicted molar refractivity (Wildman–Crippen MR) is 112 cm³/mol. The Morgan fingerprint density at radius 2 is 1.79 bits per heavy atom. The van der Waals surface area contributed by atoms with Gasteiger partial charge in [-0.2, -0.15) is 10.2 Å². The quantitative estimate of drug-likeness (QED) is 0.247. The van der Waals surface area contributed by atoms with Crippen LogP contribution in [0, 0.1) is 29.9 Å². The highest BCUT2D eigenvalue weighted by Gasteiger charge is 2.10. The number of nitrogens with zero attached hydrogens (tertiary/aromatic N) is 3. The summed E-state index contributed by atoms with van der Waals surface area (Å²) in [5.74, 6) is 1.47. The molecular weight excluding hydrogens is 354 g/mol. The fourth-order valence-corrected chi connectivity index (χ4v) is 2.90. The Morgan fingerprint density at radius 3 is 2.39 bits per heavy atom. The van der Waals surface area contributed by atoms with Crippen LogP contribution < -0.4 is 4.74 Å². The molecular formula is C22H29N3O3. The Bertz CT molecular complexity index is 817. The Kier molecular flexibility index (Phi) is 8.11. The van der Waals surface area contributed by atoms with Crippen LogP contribution in [-0.4, -0.2) is 11.5 Å². The molecule has 0 aromatic heterocycles. The summed E-state index contributed by atoms with van der Waals surface area (Å²) in [6, 6.07) is 9.99. The van der Waals surface area contributed by atoms with E-state index in [9.17, 15) is 10.1 Å². The van der Waals surface area contributed by atoms with E-state index in [1.54, 1.807) is 12.1 Å². The van der Waals surface area contributed by atoms with Crippen molar-refractivity contribution in [1.29, 1.82) is 0 Å². The molecule has 2 aromatic rings. The number of ether oxygens (including phenoxy) is 1. The van der Waals surface area contributed by atoms with Gasteiger partial charge in [-0.3, -0.25) is 10.1 Å². The monoisotopic (exact) mass is 383 g/mol. The molecule has 0 N–H and O–H groups in total. The summed E-state index contributed by atoms with van der Waals surface area (Å²) < 4.78 is 6.08. The Hall–Kier alpha value is -2.76. The summed E-state index contributed by atoms with van der Waals surface area (Å²) in [6.07, 6.45) is 4.77. The van der Waals surface area contributed by atoms with Gasteiger partial charge in [0.25, 0.3) is 5.69 Å². The number of benzene rings is 2. The molecule has 28 heavy (non-hydrogen) atoms. The third-order valence-electron chi connectivity index (χ3n) is 4.85. The third kappa shape index (κ3) is 6.15. The standard InChI is InChI=1S/C22H29N3O3/c1-5-7-8-18(6-2)15-28-22-14-16(3)21(13-17(22)4)24-23-19-9-11-20(12-10-19)25(26)27/h9-14,18H,5-8,15H2,1-4H3. The first kappa shape index (κ1) is 21.5. The summed E-state index contributed by atoms with van der Waals surface area (Å²) >= 11 is 0. The molecule has 0 aliphatic rings. The second-order valence-electron chi connectivity index (χ2n) is 7.11. The molecule has 0 bridgehead atoms. The van der Waals surface area contributed by atoms with E-state index in [0.29, 0.717) is 11.6 Å². The van der Waals surface area contributed by atoms with E-state index in [-0.39, 0.29) is 5.69 Å². The van der Waals surface area contributed by atoms with Crippen LogP contribution in [0.15, 0.2) is 46.6 Å². The van der Waals surface area contributed by atoms with Gasteiger partial charge in [0.05, 0.1) is 22.9 Å². The van der Waals surface area contributed by atoms with E-state index in [2.05, 4.69) is 24.1 Å². The van der Waals surface area contributed by atoms with Crippen LogP contribution in [0.1, 0.15) is 50.7 Å². The highest BCUT2D eigenvalue weighted by atomic mass is 16.6. The third-order valence-corrected chi connectivity index (χ3v) is 4.85. The van der Waals surface area contributed by atoms with Gasteiger partial charge in [0.15, 0.2) is 0 Å². The molecule has 150 valence electrons. The lowest BCUT2D eigenvalue weighted by Gasteiger charge is -2.17. The van der Waals surface area contributed by atoms with Crippen molar-refractivity contribution in [2.45, 2.75) is 53.4 Å². The van der Waals surface area contributed by atoms with E-state index < -0.39 is 4.92 Å². The topological polar surface area (TPSA) is 77.1 Å². The molecule has 6 heteroatoms. The van der Waals surface area contributed by atoms with Gasteiger partial charge in [0.1, 0.15) is 5.75 Å². The molecule has 0 aliphatic heterocycles. The van der Waals surface area contributed by atoms with Crippen LogP contribution in [0.3, 0.4) is 0 Å². The van der Waals surface area contributed by atoms with Crippen molar-refractivity contribution in [1.82, 2.24) is 0 Å². The molecule has 0 heterocycles. The predicted octanol–water partition coefficient (Wildman–Crippen LogP) is 7.22. The van der Waals surface area contributed by atoms with Crippen molar-refractivity contribution in [2.75, 3.05) is 6.61 Å². The molecule has 0 spiro atoms. The van der Waals surface area contributed by atoms with Crippen LogP contribution in [0.4, 0.5) is 17.1 Å². The van der Waals surface area contributed by atoms with Crippen molar-refractivity contribution >= 4 is 17.1 Å². The smallest absolute Gasteiger partial charge is 0.269 e. The molecule has 2 rings (SSSR count). The van der Waals surface area contributed by atoms with Crippen molar-refractivity contribution in [2.24, 2.45) is 16.1 Å². The van der Waals surface area contributed by atoms with Crippen molar-refractivity contribution in [3.05, 3.63) is 57.6 Å². The zero-order chi connectivity index (χ0) is 20.5. The summed E-state index contributed by atoms with van der Waals surface area (Å²) in [7, 11) is 0. The molecule has 0 aliphatic carbocycles. The Morgan fingerprint density at radius 1 is 1.07 bits per heavy atom. The number of nitro groups is 1. The van der Waals surface area contributed by atoms with Crippen LogP contribution in [0.2, 0.25) is 0 Å². The average molecular weight is 383 g/mol. The van der Waals surface area contributed by atoms with Gasteiger partial charge >= 0.3 is 0 Å². The minimum absolute atomic E-state index is 0.0387. The molecule has 6 nitrogen and oxygen atoms in total. The van der Waals surface area contributed by atoms with E-state index in [1.807, 2.05) is 26.0 Å². The van der Waals surface area contributed by atoms with E-state index in [0.717, 1.165) is 35.6 Å². The number of nitro benzene ring substituents is 1. The molecule has 0 saturated carbocycles. The van der Waals surface area contributed by atoms with Crippen molar-refractivity contribution < 1.29 is 9.66 Å². The largest absolute Gasteiger partial charge is 0.493 e. The number of unbranched alkanes of at least 4 members (excludes halogenated alkanes) is 1. The minimum atomic E-state index is -0.432. The highest BCUT2D eigenvalue weighted by Crippen LogP contribution is 2.30. The first-order chi connectivity index (χ1) is 13.4. The Balaban J connectivity index is 2.07. The SMILES string of the molecule is CCCCC(CC)COc1cc(C)c(N=Nc2ccc([N+](=O)[O-])cc2)cc1C. The molecule has 0 amide bonds. The minimum Gasteiger partial charge on any atom is -0.493 e. The maximum atomic E-state index is 10.7. The van der Waals surface area contributed by atoms with E-state index in [1.165, 1.54) is 31.4 Å². The van der Waals surface area contributed by atoms with Gasteiger partial charge in [-0.1, -0.05) is 33.1 Å². The first-order valence-corrected chi connectivity index (χ1v) is 9.84. The normalized spacial score (nSPS) is 12.3. The van der Waals surface area contributed by atoms with Crippen LogP contribution >= 0.6 is 0 Å². The maximum absolute atomic E-state index is 10.7. The molecule has 1 unspecified atom stereocenters. The average Bonchev–Trinajstić information content (AvgIpc) is 2.69. The molecule has 0 saturated heterocycles. The van der Waals surface area contributed by atoms with Gasteiger partial charge in [0.2, 0.25) is 0 Å². The number of aryl methyl sites for hydroxylation is 2. The molecule has 0 radical (unpaired) electrons. The fraction of sp³-hybridized carbons (Fsp3) is 0.455. The summed E-state index contributed by atoms with van der Waals surface area (Å²) in [4.78, 5) is 10.3. The van der Waals surface area contributed by atoms with E-state index in [4.69, 9.17) is 4.74 Å². The number of azo groups is 1. The van der Waals surface area contributed by atoms with Crippen molar-refractivity contribution in [3.63, 3.8) is 0 Å². The zero-order valence-electron chi connectivity index (χ0n) is 17.1. The Labute approximate surface area is 166 Å². The molecule has 2 aromatic carbocycles. The van der Waals surface area contributed by atoms with Gasteiger partial charge in [0, 0.05) is 12.1 Å². The van der Waals surface area contributed by atoms with Crippen LogP contribution in [0.25, 0.3) is 0 Å². The molecule has 0 fully saturated rings.